The molecule has 1 aliphatic carbocycles. The lowest BCUT2D eigenvalue weighted by atomic mass is 9.97. The molecule has 4 rings (SSSR count). The average molecular weight is 302 g/mol. The smallest absolute Gasteiger partial charge is 0.317 e. The summed E-state index contributed by atoms with van der Waals surface area (Å²) in [6.07, 6.45) is 7.71. The van der Waals surface area contributed by atoms with Crippen LogP contribution in [0.4, 0.5) is 10.5 Å². The first-order chi connectivity index (χ1) is 10.7. The molecule has 2 saturated heterocycles. The number of pyridine rings is 1. The van der Waals surface area contributed by atoms with Gasteiger partial charge in [0.2, 0.25) is 0 Å². The molecule has 1 aromatic rings. The Labute approximate surface area is 130 Å². The average Bonchev–Trinajstić information content (AvgIpc) is 3.11. The second-order valence-electron chi connectivity index (χ2n) is 6.68. The van der Waals surface area contributed by atoms with E-state index >= 15 is 0 Å². The second kappa shape index (κ2) is 5.43. The van der Waals surface area contributed by atoms with Crippen molar-refractivity contribution in [1.82, 2.24) is 15.2 Å². The van der Waals surface area contributed by atoms with Gasteiger partial charge in [-0.05, 0) is 31.4 Å². The summed E-state index contributed by atoms with van der Waals surface area (Å²) < 4.78 is 6.08. The number of urea groups is 1. The zero-order valence-corrected chi connectivity index (χ0v) is 12.6. The summed E-state index contributed by atoms with van der Waals surface area (Å²) in [5.74, 6) is 0. The van der Waals surface area contributed by atoms with E-state index in [0.717, 1.165) is 37.9 Å². The van der Waals surface area contributed by atoms with Crippen LogP contribution in [0, 0.1) is 0 Å². The molecule has 2 aliphatic heterocycles. The van der Waals surface area contributed by atoms with Crippen LogP contribution in [0.5, 0.6) is 0 Å². The largest absolute Gasteiger partial charge is 0.379 e. The van der Waals surface area contributed by atoms with Gasteiger partial charge in [-0.15, -0.1) is 0 Å². The van der Waals surface area contributed by atoms with Gasteiger partial charge in [0.05, 0.1) is 30.5 Å². The summed E-state index contributed by atoms with van der Waals surface area (Å²) in [6.45, 7) is 2.18. The number of likely N-dealkylation sites (tertiary alicyclic amines) is 1. The van der Waals surface area contributed by atoms with Crippen molar-refractivity contribution in [1.29, 1.82) is 0 Å². The standard InChI is InChI=1S/C16H22N4O2/c21-15(19-12-3-4-12)20-7-5-16(11-20)8-14(10-22-16)18-13-2-1-6-17-9-13/h1-2,6,9,12,14,18H,3-5,7-8,10-11H2,(H,19,21)/t14-,16-/m1/s1. The molecule has 1 spiro atoms. The molecule has 22 heavy (non-hydrogen) atoms. The number of rotatable bonds is 3. The van der Waals surface area contributed by atoms with Gasteiger partial charge in [-0.25, -0.2) is 4.79 Å². The zero-order valence-electron chi connectivity index (χ0n) is 12.6. The van der Waals surface area contributed by atoms with E-state index in [4.69, 9.17) is 4.74 Å². The predicted octanol–water partition coefficient (Wildman–Crippen LogP) is 1.60. The molecule has 118 valence electrons. The van der Waals surface area contributed by atoms with Gasteiger partial charge in [0, 0.05) is 31.4 Å². The number of nitrogens with one attached hydrogen (secondary N) is 2. The Hall–Kier alpha value is -1.82. The molecule has 2 atom stereocenters. The van der Waals surface area contributed by atoms with Gasteiger partial charge >= 0.3 is 6.03 Å². The molecule has 0 radical (unpaired) electrons. The minimum Gasteiger partial charge on any atom is -0.379 e. The number of nitrogens with zero attached hydrogens (tertiary/aromatic N) is 2. The maximum atomic E-state index is 12.1. The number of ether oxygens (including phenoxy) is 1. The maximum absolute atomic E-state index is 12.1. The summed E-state index contributed by atoms with van der Waals surface area (Å²) in [6, 6.07) is 4.71. The lowest BCUT2D eigenvalue weighted by Crippen LogP contribution is -2.42. The molecule has 6 heteroatoms. The number of hydrogen-bond acceptors (Lipinski definition) is 4. The summed E-state index contributed by atoms with van der Waals surface area (Å²) in [4.78, 5) is 18.2. The monoisotopic (exact) mass is 302 g/mol. The Balaban J connectivity index is 1.33. The highest BCUT2D eigenvalue weighted by molar-refractivity contribution is 5.75. The third-order valence-electron chi connectivity index (χ3n) is 4.75. The molecule has 1 aromatic heterocycles. The number of carbonyl (C=O) groups excluding carboxylic acids is 1. The number of hydrogen-bond donors (Lipinski definition) is 2. The number of amides is 2. The van der Waals surface area contributed by atoms with Crippen LogP contribution in [0.15, 0.2) is 24.5 Å². The molecular weight excluding hydrogens is 280 g/mol. The van der Waals surface area contributed by atoms with E-state index in [-0.39, 0.29) is 17.7 Å². The van der Waals surface area contributed by atoms with E-state index in [1.807, 2.05) is 23.2 Å². The number of anilines is 1. The first-order valence-electron chi connectivity index (χ1n) is 8.08. The third-order valence-corrected chi connectivity index (χ3v) is 4.75. The van der Waals surface area contributed by atoms with Crippen molar-refractivity contribution >= 4 is 11.7 Å². The Kier molecular flexibility index (Phi) is 3.41. The minimum absolute atomic E-state index is 0.0756. The molecule has 3 fully saturated rings. The highest BCUT2D eigenvalue weighted by atomic mass is 16.5. The summed E-state index contributed by atoms with van der Waals surface area (Å²) in [7, 11) is 0. The third kappa shape index (κ3) is 2.88. The van der Waals surface area contributed by atoms with Crippen molar-refractivity contribution in [2.24, 2.45) is 0 Å². The first-order valence-corrected chi connectivity index (χ1v) is 8.08. The Morgan fingerprint density at radius 2 is 2.32 bits per heavy atom. The first kappa shape index (κ1) is 13.8. The zero-order chi connectivity index (χ0) is 15.0. The van der Waals surface area contributed by atoms with Crippen molar-refractivity contribution in [2.45, 2.75) is 43.4 Å². The van der Waals surface area contributed by atoms with Crippen LogP contribution in [0.2, 0.25) is 0 Å². The maximum Gasteiger partial charge on any atom is 0.317 e. The van der Waals surface area contributed by atoms with E-state index in [2.05, 4.69) is 15.6 Å². The summed E-state index contributed by atoms with van der Waals surface area (Å²) in [5, 5.41) is 6.53. The van der Waals surface area contributed by atoms with Crippen LogP contribution in [0.3, 0.4) is 0 Å². The van der Waals surface area contributed by atoms with E-state index in [0.29, 0.717) is 19.2 Å². The van der Waals surface area contributed by atoms with Gasteiger partial charge in [-0.1, -0.05) is 0 Å². The fourth-order valence-corrected chi connectivity index (χ4v) is 3.42. The van der Waals surface area contributed by atoms with E-state index < -0.39 is 0 Å². The van der Waals surface area contributed by atoms with E-state index in [1.54, 1.807) is 6.20 Å². The fourth-order valence-electron chi connectivity index (χ4n) is 3.42. The fraction of sp³-hybridized carbons (Fsp3) is 0.625. The van der Waals surface area contributed by atoms with Crippen molar-refractivity contribution in [3.05, 3.63) is 24.5 Å². The molecule has 0 aromatic carbocycles. The number of aromatic nitrogens is 1. The quantitative estimate of drug-likeness (QED) is 0.890. The Morgan fingerprint density at radius 1 is 1.41 bits per heavy atom. The molecule has 0 unspecified atom stereocenters. The molecule has 1 saturated carbocycles. The lowest BCUT2D eigenvalue weighted by molar-refractivity contribution is 0.0150. The van der Waals surface area contributed by atoms with E-state index in [9.17, 15) is 4.79 Å². The van der Waals surface area contributed by atoms with Crippen LogP contribution in [0.1, 0.15) is 25.7 Å². The summed E-state index contributed by atoms with van der Waals surface area (Å²) in [5.41, 5.74) is 0.857. The van der Waals surface area contributed by atoms with Crippen LogP contribution in [-0.4, -0.2) is 53.3 Å². The van der Waals surface area contributed by atoms with Crippen molar-refractivity contribution in [2.75, 3.05) is 25.0 Å². The molecular formula is C16H22N4O2. The highest BCUT2D eigenvalue weighted by Gasteiger charge is 2.47. The normalized spacial score (nSPS) is 30.7. The Bertz CT molecular complexity index is 548. The predicted molar refractivity (Wildman–Crippen MR) is 82.7 cm³/mol. The van der Waals surface area contributed by atoms with Crippen LogP contribution < -0.4 is 10.6 Å². The molecule has 6 nitrogen and oxygen atoms in total. The van der Waals surface area contributed by atoms with Crippen LogP contribution in [-0.2, 0) is 4.74 Å². The number of carbonyl (C=O) groups is 1. The molecule has 3 aliphatic rings. The van der Waals surface area contributed by atoms with Gasteiger partial charge < -0.3 is 20.3 Å². The topological polar surface area (TPSA) is 66.5 Å². The SMILES string of the molecule is O=C(NC1CC1)N1CC[C@@]2(C[C@@H](Nc3cccnc3)CO2)C1. The summed E-state index contributed by atoms with van der Waals surface area (Å²) >= 11 is 0. The Morgan fingerprint density at radius 3 is 3.09 bits per heavy atom. The van der Waals surface area contributed by atoms with Gasteiger partial charge in [-0.3, -0.25) is 4.98 Å². The highest BCUT2D eigenvalue weighted by Crippen LogP contribution is 2.36. The minimum atomic E-state index is -0.166. The molecule has 0 bridgehead atoms. The van der Waals surface area contributed by atoms with Gasteiger partial charge in [-0.2, -0.15) is 0 Å². The molecule has 3 heterocycles. The van der Waals surface area contributed by atoms with E-state index in [1.165, 1.54) is 0 Å². The van der Waals surface area contributed by atoms with Crippen molar-refractivity contribution in [3.8, 4) is 0 Å². The van der Waals surface area contributed by atoms with Crippen LogP contribution in [0.25, 0.3) is 0 Å². The van der Waals surface area contributed by atoms with Crippen molar-refractivity contribution in [3.63, 3.8) is 0 Å². The van der Waals surface area contributed by atoms with Crippen LogP contribution >= 0.6 is 0 Å². The van der Waals surface area contributed by atoms with Gasteiger partial charge in [0.1, 0.15) is 0 Å². The van der Waals surface area contributed by atoms with Gasteiger partial charge in [0.15, 0.2) is 0 Å². The van der Waals surface area contributed by atoms with Crippen molar-refractivity contribution < 1.29 is 9.53 Å². The molecule has 2 amide bonds. The second-order valence-corrected chi connectivity index (χ2v) is 6.68. The van der Waals surface area contributed by atoms with Gasteiger partial charge in [0.25, 0.3) is 0 Å². The lowest BCUT2D eigenvalue weighted by Gasteiger charge is -2.23. The molecule has 2 N–H and O–H groups in total.